The van der Waals surface area contributed by atoms with Crippen LogP contribution >= 0.6 is 34.8 Å². The van der Waals surface area contributed by atoms with Crippen LogP contribution in [0, 0.1) is 0 Å². The zero-order chi connectivity index (χ0) is 21.3. The molecule has 0 saturated heterocycles. The number of aromatic amines is 1. The van der Waals surface area contributed by atoms with Crippen LogP contribution in [-0.2, 0) is 6.61 Å². The highest BCUT2D eigenvalue weighted by Crippen LogP contribution is 2.34. The topological polar surface area (TPSA) is 64.2 Å². The molecule has 0 atom stereocenters. The summed E-state index contributed by atoms with van der Waals surface area (Å²) in [6.07, 6.45) is 0. The normalized spacial score (nSPS) is 10.9. The number of hydrogen-bond acceptors (Lipinski definition) is 4. The van der Waals surface area contributed by atoms with Crippen molar-refractivity contribution in [3.05, 3.63) is 85.6 Å². The molecule has 0 aliphatic carbocycles. The number of H-pyrrole nitrogens is 1. The van der Waals surface area contributed by atoms with E-state index in [1.165, 1.54) is 7.11 Å². The van der Waals surface area contributed by atoms with Crippen LogP contribution in [0.1, 0.15) is 5.56 Å². The summed E-state index contributed by atoms with van der Waals surface area (Å²) in [6.45, 7) is 0.135. The molecule has 0 unspecified atom stereocenters. The molecule has 4 aromatic rings. The first-order chi connectivity index (χ1) is 14.5. The van der Waals surface area contributed by atoms with E-state index >= 15 is 0 Å². The van der Waals surface area contributed by atoms with Gasteiger partial charge in [0.1, 0.15) is 12.4 Å². The van der Waals surface area contributed by atoms with E-state index in [0.29, 0.717) is 54.4 Å². The van der Waals surface area contributed by atoms with Gasteiger partial charge in [0.15, 0.2) is 11.5 Å². The van der Waals surface area contributed by atoms with E-state index in [1.807, 2.05) is 6.07 Å². The summed E-state index contributed by atoms with van der Waals surface area (Å²) in [6, 6.07) is 15.6. The smallest absolute Gasteiger partial charge is 0.259 e. The molecule has 152 valence electrons. The van der Waals surface area contributed by atoms with Crippen molar-refractivity contribution >= 4 is 45.7 Å². The number of halogens is 3. The minimum atomic E-state index is -0.207. The fraction of sp³-hybridized carbons (Fsp3) is 0.0909. The molecule has 1 aromatic heterocycles. The first kappa shape index (κ1) is 20.5. The summed E-state index contributed by atoms with van der Waals surface area (Å²) in [5.74, 6) is 1.41. The molecule has 8 heteroatoms. The molecule has 0 saturated carbocycles. The molecule has 0 aliphatic heterocycles. The molecular weight excluding hydrogens is 447 g/mol. The Balaban J connectivity index is 1.65. The second-order valence-electron chi connectivity index (χ2n) is 6.43. The Morgan fingerprint density at radius 3 is 2.43 bits per heavy atom. The first-order valence-corrected chi connectivity index (χ1v) is 10.0. The zero-order valence-electron chi connectivity index (χ0n) is 15.7. The summed E-state index contributed by atoms with van der Waals surface area (Å²) in [5.41, 5.74) is 1.71. The van der Waals surface area contributed by atoms with Gasteiger partial charge in [-0.3, -0.25) is 4.79 Å². The Kier molecular flexibility index (Phi) is 5.86. The van der Waals surface area contributed by atoms with Gasteiger partial charge in [0.25, 0.3) is 5.56 Å². The van der Waals surface area contributed by atoms with Crippen molar-refractivity contribution in [1.82, 2.24) is 9.97 Å². The fourth-order valence-electron chi connectivity index (χ4n) is 3.02. The maximum Gasteiger partial charge on any atom is 0.259 e. The number of nitrogens with one attached hydrogen (secondary N) is 1. The summed E-state index contributed by atoms with van der Waals surface area (Å²) < 4.78 is 11.3. The van der Waals surface area contributed by atoms with E-state index in [1.54, 1.807) is 48.5 Å². The van der Waals surface area contributed by atoms with Gasteiger partial charge in [-0.25, -0.2) is 4.98 Å². The lowest BCUT2D eigenvalue weighted by Gasteiger charge is -2.14. The third-order valence-electron chi connectivity index (χ3n) is 4.53. The molecule has 1 heterocycles. The minimum Gasteiger partial charge on any atom is -0.493 e. The molecule has 4 rings (SSSR count). The van der Waals surface area contributed by atoms with Crippen LogP contribution in [0.25, 0.3) is 22.3 Å². The van der Waals surface area contributed by atoms with Crippen molar-refractivity contribution in [1.29, 1.82) is 0 Å². The number of rotatable bonds is 5. The second kappa shape index (κ2) is 8.56. The number of fused-ring (bicyclic) bond motifs is 1. The van der Waals surface area contributed by atoms with Crippen LogP contribution in [0.5, 0.6) is 11.5 Å². The van der Waals surface area contributed by atoms with Gasteiger partial charge in [-0.2, -0.15) is 0 Å². The van der Waals surface area contributed by atoms with Crippen molar-refractivity contribution in [2.45, 2.75) is 6.61 Å². The van der Waals surface area contributed by atoms with Gasteiger partial charge in [0.2, 0.25) is 0 Å². The Morgan fingerprint density at radius 1 is 0.967 bits per heavy atom. The molecule has 0 aliphatic rings. The third-order valence-corrected chi connectivity index (χ3v) is 5.42. The van der Waals surface area contributed by atoms with Crippen LogP contribution in [0.2, 0.25) is 15.1 Å². The summed E-state index contributed by atoms with van der Waals surface area (Å²) in [5, 5.41) is 1.82. The third kappa shape index (κ3) is 4.10. The molecule has 0 fully saturated rings. The molecule has 0 amide bonds. The maximum absolute atomic E-state index is 12.4. The van der Waals surface area contributed by atoms with Crippen molar-refractivity contribution < 1.29 is 9.47 Å². The molecule has 3 aromatic carbocycles. The average Bonchev–Trinajstić information content (AvgIpc) is 2.73. The largest absolute Gasteiger partial charge is 0.493 e. The Hall–Kier alpha value is -2.73. The van der Waals surface area contributed by atoms with Crippen LogP contribution < -0.4 is 15.0 Å². The maximum atomic E-state index is 12.4. The molecule has 0 radical (unpaired) electrons. The van der Waals surface area contributed by atoms with E-state index in [-0.39, 0.29) is 12.2 Å². The van der Waals surface area contributed by atoms with Crippen molar-refractivity contribution in [2.24, 2.45) is 0 Å². The molecule has 1 N–H and O–H groups in total. The average molecular weight is 462 g/mol. The quantitative estimate of drug-likeness (QED) is 0.388. The highest BCUT2D eigenvalue weighted by molar-refractivity contribution is 6.39. The lowest BCUT2D eigenvalue weighted by Crippen LogP contribution is -2.09. The van der Waals surface area contributed by atoms with Gasteiger partial charge in [-0.15, -0.1) is 0 Å². The number of ether oxygens (including phenoxy) is 2. The Labute approximate surface area is 187 Å². The molecule has 30 heavy (non-hydrogen) atoms. The van der Waals surface area contributed by atoms with E-state index in [4.69, 9.17) is 44.3 Å². The van der Waals surface area contributed by atoms with Crippen molar-refractivity contribution in [3.8, 4) is 22.9 Å². The monoisotopic (exact) mass is 460 g/mol. The molecule has 5 nitrogen and oxygen atoms in total. The van der Waals surface area contributed by atoms with Gasteiger partial charge in [-0.05, 0) is 42.5 Å². The van der Waals surface area contributed by atoms with E-state index in [0.717, 1.165) is 0 Å². The van der Waals surface area contributed by atoms with Crippen LogP contribution in [0.3, 0.4) is 0 Å². The zero-order valence-corrected chi connectivity index (χ0v) is 18.0. The molecule has 0 spiro atoms. The molecular formula is C22H15Cl3N2O3. The predicted molar refractivity (Wildman–Crippen MR) is 120 cm³/mol. The number of para-hydroxylation sites is 1. The van der Waals surface area contributed by atoms with Gasteiger partial charge < -0.3 is 14.5 Å². The van der Waals surface area contributed by atoms with E-state index in [9.17, 15) is 4.79 Å². The number of methoxy groups -OCH3 is 1. The molecule has 0 bridgehead atoms. The summed E-state index contributed by atoms with van der Waals surface area (Å²) in [7, 11) is 1.53. The predicted octanol–water partition coefficient (Wildman–Crippen LogP) is 6.14. The number of benzene rings is 3. The number of aromatic nitrogens is 2. The highest BCUT2D eigenvalue weighted by atomic mass is 35.5. The van der Waals surface area contributed by atoms with Crippen LogP contribution in [0.4, 0.5) is 0 Å². The highest BCUT2D eigenvalue weighted by Gasteiger charge is 2.13. The standard InChI is InChI=1S/C22H15Cl3N2O3/c1-29-20-8-12(21-26-18-5-3-2-4-14(18)22(28)27-21)6-7-19(20)30-11-15-16(24)9-13(23)10-17(15)25/h2-10H,11H2,1H3,(H,26,27,28). The lowest BCUT2D eigenvalue weighted by atomic mass is 10.1. The Bertz CT molecular complexity index is 1280. The Morgan fingerprint density at radius 2 is 1.70 bits per heavy atom. The summed E-state index contributed by atoms with van der Waals surface area (Å²) in [4.78, 5) is 19.7. The minimum absolute atomic E-state index is 0.135. The van der Waals surface area contributed by atoms with Gasteiger partial charge in [0, 0.05) is 16.1 Å². The number of nitrogens with zero attached hydrogens (tertiary/aromatic N) is 1. The van der Waals surface area contributed by atoms with Gasteiger partial charge in [0.05, 0.1) is 28.1 Å². The lowest BCUT2D eigenvalue weighted by molar-refractivity contribution is 0.285. The van der Waals surface area contributed by atoms with Crippen molar-refractivity contribution in [3.63, 3.8) is 0 Å². The number of hydrogen-bond donors (Lipinski definition) is 1. The first-order valence-electron chi connectivity index (χ1n) is 8.90. The van der Waals surface area contributed by atoms with Gasteiger partial charge in [-0.1, -0.05) is 46.9 Å². The summed E-state index contributed by atoms with van der Waals surface area (Å²) >= 11 is 18.4. The second-order valence-corrected chi connectivity index (χ2v) is 7.68. The van der Waals surface area contributed by atoms with E-state index < -0.39 is 0 Å². The SMILES string of the molecule is COc1cc(-c2nc3ccccc3c(=O)[nH]2)ccc1OCc1c(Cl)cc(Cl)cc1Cl. The van der Waals surface area contributed by atoms with Crippen molar-refractivity contribution in [2.75, 3.05) is 7.11 Å². The van der Waals surface area contributed by atoms with Crippen LogP contribution in [-0.4, -0.2) is 17.1 Å². The van der Waals surface area contributed by atoms with Gasteiger partial charge >= 0.3 is 0 Å². The van der Waals surface area contributed by atoms with E-state index in [2.05, 4.69) is 9.97 Å². The van der Waals surface area contributed by atoms with Crippen LogP contribution in [0.15, 0.2) is 59.4 Å². The fourth-order valence-corrected chi connectivity index (χ4v) is 3.94.